The molecule has 1 atom stereocenters. The van der Waals surface area contributed by atoms with Crippen LogP contribution in [0.4, 0.5) is 24.5 Å². The maximum absolute atomic E-state index is 12.7. The number of nitrogens with one attached hydrogen (secondary N) is 2. The Kier molecular flexibility index (Phi) is 6.26. The molecule has 0 aromatic heterocycles. The van der Waals surface area contributed by atoms with Gasteiger partial charge in [-0.25, -0.2) is 0 Å². The van der Waals surface area contributed by atoms with Crippen LogP contribution in [0.25, 0.3) is 0 Å². The van der Waals surface area contributed by atoms with Crippen molar-refractivity contribution in [3.63, 3.8) is 0 Å². The summed E-state index contributed by atoms with van der Waals surface area (Å²) in [5.74, 6) is -0.256. The van der Waals surface area contributed by atoms with E-state index in [2.05, 4.69) is 26.8 Å². The molecule has 0 bridgehead atoms. The number of nitrogens with zero attached hydrogens (tertiary/aromatic N) is 1. The first-order valence-electron chi connectivity index (χ1n) is 7.41. The number of carbonyl (C=O) groups excluding carboxylic acids is 1. The molecule has 0 aliphatic rings. The molecule has 27 heavy (non-hydrogen) atoms. The number of benzene rings is 2. The average molecular weight is 448 g/mol. The van der Waals surface area contributed by atoms with Crippen LogP contribution in [0.3, 0.4) is 0 Å². The largest absolute Gasteiger partial charge is 0.481 e. The van der Waals surface area contributed by atoms with E-state index in [1.54, 1.807) is 24.3 Å². The van der Waals surface area contributed by atoms with Crippen molar-refractivity contribution in [3.05, 3.63) is 62.6 Å². The fourth-order valence-corrected chi connectivity index (χ4v) is 2.23. The summed E-state index contributed by atoms with van der Waals surface area (Å²) in [6.45, 7) is 1.44. The number of halogens is 4. The summed E-state index contributed by atoms with van der Waals surface area (Å²) >= 11 is 3.26. The predicted molar refractivity (Wildman–Crippen MR) is 94.1 cm³/mol. The van der Waals surface area contributed by atoms with Gasteiger partial charge in [0.15, 0.2) is 6.10 Å². The normalized spacial score (nSPS) is 12.2. The van der Waals surface area contributed by atoms with Crippen molar-refractivity contribution in [2.24, 2.45) is 0 Å². The number of hydrazine groups is 1. The lowest BCUT2D eigenvalue weighted by molar-refractivity contribution is -0.384. The summed E-state index contributed by atoms with van der Waals surface area (Å²) in [5.41, 5.74) is 2.14. The summed E-state index contributed by atoms with van der Waals surface area (Å²) in [6.07, 6.45) is -5.69. The Morgan fingerprint density at radius 2 is 1.85 bits per heavy atom. The van der Waals surface area contributed by atoms with Gasteiger partial charge in [0.2, 0.25) is 0 Å². The van der Waals surface area contributed by atoms with E-state index in [0.717, 1.165) is 10.5 Å². The molecule has 0 heterocycles. The third-order valence-electron chi connectivity index (χ3n) is 3.34. The number of nitro benzene ring substituents is 1. The van der Waals surface area contributed by atoms with E-state index in [0.29, 0.717) is 17.9 Å². The van der Waals surface area contributed by atoms with E-state index in [4.69, 9.17) is 4.74 Å². The van der Waals surface area contributed by atoms with Crippen LogP contribution in [0.15, 0.2) is 46.9 Å². The Hall–Kier alpha value is -2.82. The second kappa shape index (κ2) is 8.25. The minimum absolute atomic E-state index is 0.294. The lowest BCUT2D eigenvalue weighted by Gasteiger charge is -2.16. The summed E-state index contributed by atoms with van der Waals surface area (Å²) in [6, 6.07) is 8.60. The van der Waals surface area contributed by atoms with Crippen molar-refractivity contribution in [3.8, 4) is 5.75 Å². The number of alkyl halides is 3. The van der Waals surface area contributed by atoms with Gasteiger partial charge < -0.3 is 4.74 Å². The molecule has 1 unspecified atom stereocenters. The zero-order chi connectivity index (χ0) is 20.2. The summed E-state index contributed by atoms with van der Waals surface area (Å²) in [5, 5.41) is 11.0. The SMILES string of the molecule is CC(Oc1ccc(Br)cc1)C(=O)NNc1ccc(C(F)(F)F)cc1[N+](=O)[O-]. The number of anilines is 1. The van der Waals surface area contributed by atoms with Crippen LogP contribution in [0, 0.1) is 10.1 Å². The lowest BCUT2D eigenvalue weighted by atomic mass is 10.1. The molecular weight excluding hydrogens is 435 g/mol. The highest BCUT2D eigenvalue weighted by molar-refractivity contribution is 9.10. The highest BCUT2D eigenvalue weighted by Gasteiger charge is 2.33. The molecule has 1 amide bonds. The van der Waals surface area contributed by atoms with Gasteiger partial charge in [0.1, 0.15) is 11.4 Å². The van der Waals surface area contributed by atoms with Crippen molar-refractivity contribution in [1.82, 2.24) is 5.43 Å². The van der Waals surface area contributed by atoms with Crippen LogP contribution in [-0.2, 0) is 11.0 Å². The molecule has 0 aliphatic heterocycles. The molecule has 144 valence electrons. The second-order valence-corrected chi connectivity index (χ2v) is 6.23. The topological polar surface area (TPSA) is 93.5 Å². The van der Waals surface area contributed by atoms with Crippen molar-refractivity contribution in [2.45, 2.75) is 19.2 Å². The molecule has 0 saturated heterocycles. The van der Waals surface area contributed by atoms with Crippen molar-refractivity contribution in [1.29, 1.82) is 0 Å². The zero-order valence-corrected chi connectivity index (χ0v) is 15.3. The second-order valence-electron chi connectivity index (χ2n) is 5.32. The maximum Gasteiger partial charge on any atom is 0.416 e. The molecule has 0 radical (unpaired) electrons. The highest BCUT2D eigenvalue weighted by Crippen LogP contribution is 2.34. The fourth-order valence-electron chi connectivity index (χ4n) is 1.97. The maximum atomic E-state index is 12.7. The van der Waals surface area contributed by atoms with Crippen LogP contribution >= 0.6 is 15.9 Å². The van der Waals surface area contributed by atoms with Crippen molar-refractivity contribution in [2.75, 3.05) is 5.43 Å². The van der Waals surface area contributed by atoms with E-state index in [9.17, 15) is 28.1 Å². The Morgan fingerprint density at radius 1 is 1.22 bits per heavy atom. The molecule has 2 aromatic rings. The van der Waals surface area contributed by atoms with Gasteiger partial charge in [-0.05, 0) is 43.3 Å². The number of carbonyl (C=O) groups is 1. The van der Waals surface area contributed by atoms with Gasteiger partial charge in [0.25, 0.3) is 11.6 Å². The monoisotopic (exact) mass is 447 g/mol. The predicted octanol–water partition coefficient (Wildman–Crippen LogP) is 4.29. The first kappa shape index (κ1) is 20.5. The summed E-state index contributed by atoms with van der Waals surface area (Å²) in [4.78, 5) is 22.1. The van der Waals surface area contributed by atoms with Gasteiger partial charge in [0.05, 0.1) is 10.5 Å². The highest BCUT2D eigenvalue weighted by atomic mass is 79.9. The van der Waals surface area contributed by atoms with Crippen LogP contribution in [0.1, 0.15) is 12.5 Å². The number of hydrogen-bond donors (Lipinski definition) is 2. The number of amides is 1. The first-order valence-corrected chi connectivity index (χ1v) is 8.21. The molecule has 2 aromatic carbocycles. The smallest absolute Gasteiger partial charge is 0.416 e. The van der Waals surface area contributed by atoms with Crippen LogP contribution in [0.2, 0.25) is 0 Å². The lowest BCUT2D eigenvalue weighted by Crippen LogP contribution is -2.39. The van der Waals surface area contributed by atoms with E-state index in [1.807, 2.05) is 0 Å². The third-order valence-corrected chi connectivity index (χ3v) is 3.87. The van der Waals surface area contributed by atoms with Crippen LogP contribution < -0.4 is 15.6 Å². The molecule has 2 N–H and O–H groups in total. The van der Waals surface area contributed by atoms with E-state index in [-0.39, 0.29) is 5.69 Å². The number of nitro groups is 1. The van der Waals surface area contributed by atoms with Gasteiger partial charge in [-0.3, -0.25) is 25.8 Å². The number of rotatable bonds is 6. The van der Waals surface area contributed by atoms with Gasteiger partial charge in [0, 0.05) is 10.5 Å². The van der Waals surface area contributed by atoms with Crippen molar-refractivity contribution >= 4 is 33.2 Å². The van der Waals surface area contributed by atoms with E-state index >= 15 is 0 Å². The van der Waals surface area contributed by atoms with E-state index < -0.39 is 34.4 Å². The Labute approximate surface area is 159 Å². The fraction of sp³-hybridized carbons (Fsp3) is 0.188. The molecular formula is C16H13BrF3N3O4. The van der Waals surface area contributed by atoms with E-state index in [1.165, 1.54) is 6.92 Å². The molecule has 11 heteroatoms. The van der Waals surface area contributed by atoms with Crippen LogP contribution in [-0.4, -0.2) is 16.9 Å². The number of ether oxygens (including phenoxy) is 1. The van der Waals surface area contributed by atoms with Gasteiger partial charge in [-0.15, -0.1) is 0 Å². The zero-order valence-electron chi connectivity index (χ0n) is 13.7. The Balaban J connectivity index is 2.05. The summed E-state index contributed by atoms with van der Waals surface area (Å²) < 4.78 is 44.3. The van der Waals surface area contributed by atoms with Crippen molar-refractivity contribution < 1.29 is 27.6 Å². The molecule has 0 spiro atoms. The standard InChI is InChI=1S/C16H13BrF3N3O4/c1-9(27-12-5-3-11(17)4-6-12)15(24)22-21-13-7-2-10(16(18,19)20)8-14(13)23(25)26/h2-9,21H,1H3,(H,22,24). The molecule has 2 rings (SSSR count). The molecule has 0 fully saturated rings. The number of hydrogen-bond acceptors (Lipinski definition) is 5. The van der Waals surface area contributed by atoms with Gasteiger partial charge >= 0.3 is 6.18 Å². The minimum Gasteiger partial charge on any atom is -0.481 e. The molecule has 7 nitrogen and oxygen atoms in total. The minimum atomic E-state index is -4.72. The van der Waals surface area contributed by atoms with Crippen LogP contribution in [0.5, 0.6) is 5.75 Å². The molecule has 0 aliphatic carbocycles. The Bertz CT molecular complexity index is 844. The van der Waals surface area contributed by atoms with Gasteiger partial charge in [-0.1, -0.05) is 15.9 Å². The quantitative estimate of drug-likeness (QED) is 0.508. The first-order chi connectivity index (χ1) is 12.6. The van der Waals surface area contributed by atoms with Gasteiger partial charge in [-0.2, -0.15) is 13.2 Å². The third kappa shape index (κ3) is 5.58. The summed E-state index contributed by atoms with van der Waals surface area (Å²) in [7, 11) is 0. The Morgan fingerprint density at radius 3 is 2.41 bits per heavy atom. The average Bonchev–Trinajstić information content (AvgIpc) is 2.60. The molecule has 0 saturated carbocycles.